The maximum absolute atomic E-state index is 12.3. The number of nitrogens with one attached hydrogen (secondary N) is 1. The van der Waals surface area contributed by atoms with Gasteiger partial charge in [-0.2, -0.15) is 0 Å². The first-order valence-corrected chi connectivity index (χ1v) is 6.24. The van der Waals surface area contributed by atoms with Crippen molar-refractivity contribution in [3.05, 3.63) is 48.0 Å². The molecule has 92 valence electrons. The van der Waals surface area contributed by atoms with Crippen LogP contribution in [0.3, 0.4) is 0 Å². The molecule has 1 saturated carbocycles. The molecular formula is C15H16N2O. The molecule has 0 bridgehead atoms. The number of rotatable bonds is 3. The lowest BCUT2D eigenvalue weighted by atomic mass is 10.0. The number of amides is 1. The Kier molecular flexibility index (Phi) is 2.56. The molecule has 3 rings (SSSR count). The van der Waals surface area contributed by atoms with E-state index in [9.17, 15) is 4.79 Å². The van der Waals surface area contributed by atoms with Crippen molar-refractivity contribution in [2.75, 3.05) is 6.54 Å². The van der Waals surface area contributed by atoms with E-state index in [-0.39, 0.29) is 11.4 Å². The zero-order valence-corrected chi connectivity index (χ0v) is 10.1. The normalized spacial score (nSPS) is 16.5. The minimum atomic E-state index is -0.145. The molecule has 0 aliphatic heterocycles. The van der Waals surface area contributed by atoms with Gasteiger partial charge in [-0.3, -0.25) is 4.79 Å². The van der Waals surface area contributed by atoms with Gasteiger partial charge in [-0.25, -0.2) is 0 Å². The SMILES string of the molecule is NCC1(NC(=O)c2cccc3ccccc23)CC1. The number of nitrogens with two attached hydrogens (primary N) is 1. The lowest BCUT2D eigenvalue weighted by Gasteiger charge is -2.15. The van der Waals surface area contributed by atoms with Crippen LogP contribution in [-0.4, -0.2) is 18.0 Å². The molecule has 2 aromatic rings. The second kappa shape index (κ2) is 4.10. The average Bonchev–Trinajstić information content (AvgIpc) is 3.18. The van der Waals surface area contributed by atoms with Crippen LogP contribution >= 0.6 is 0 Å². The van der Waals surface area contributed by atoms with Crippen molar-refractivity contribution in [1.29, 1.82) is 0 Å². The van der Waals surface area contributed by atoms with Crippen molar-refractivity contribution < 1.29 is 4.79 Å². The molecule has 0 heterocycles. The number of benzene rings is 2. The van der Waals surface area contributed by atoms with Gasteiger partial charge in [-0.1, -0.05) is 36.4 Å². The third kappa shape index (κ3) is 1.87. The minimum Gasteiger partial charge on any atom is -0.345 e. The van der Waals surface area contributed by atoms with Crippen molar-refractivity contribution in [3.63, 3.8) is 0 Å². The summed E-state index contributed by atoms with van der Waals surface area (Å²) in [7, 11) is 0. The van der Waals surface area contributed by atoms with Crippen molar-refractivity contribution in [2.45, 2.75) is 18.4 Å². The maximum Gasteiger partial charge on any atom is 0.252 e. The molecule has 18 heavy (non-hydrogen) atoms. The van der Waals surface area contributed by atoms with E-state index in [0.717, 1.165) is 29.2 Å². The number of hydrogen-bond acceptors (Lipinski definition) is 2. The Labute approximate surface area is 106 Å². The molecule has 0 atom stereocenters. The van der Waals surface area contributed by atoms with Crippen molar-refractivity contribution in [3.8, 4) is 0 Å². The second-order valence-corrected chi connectivity index (χ2v) is 4.97. The monoisotopic (exact) mass is 240 g/mol. The van der Waals surface area contributed by atoms with E-state index in [1.807, 2.05) is 42.5 Å². The van der Waals surface area contributed by atoms with Crippen LogP contribution in [0.15, 0.2) is 42.5 Å². The van der Waals surface area contributed by atoms with Gasteiger partial charge in [0.1, 0.15) is 0 Å². The molecule has 1 fully saturated rings. The Bertz CT molecular complexity index is 597. The predicted molar refractivity (Wildman–Crippen MR) is 72.4 cm³/mol. The summed E-state index contributed by atoms with van der Waals surface area (Å²) in [5.41, 5.74) is 6.28. The van der Waals surface area contributed by atoms with Gasteiger partial charge < -0.3 is 11.1 Å². The molecule has 1 aliphatic carbocycles. The van der Waals surface area contributed by atoms with Gasteiger partial charge in [-0.05, 0) is 29.7 Å². The largest absolute Gasteiger partial charge is 0.345 e. The molecule has 3 N–H and O–H groups in total. The number of carbonyl (C=O) groups excluding carboxylic acids is 1. The van der Waals surface area contributed by atoms with Crippen LogP contribution in [0.5, 0.6) is 0 Å². The summed E-state index contributed by atoms with van der Waals surface area (Å²) in [4.78, 5) is 12.3. The molecule has 1 aliphatic rings. The highest BCUT2D eigenvalue weighted by atomic mass is 16.1. The number of hydrogen-bond donors (Lipinski definition) is 2. The number of carbonyl (C=O) groups is 1. The topological polar surface area (TPSA) is 55.1 Å². The summed E-state index contributed by atoms with van der Waals surface area (Å²) >= 11 is 0. The van der Waals surface area contributed by atoms with E-state index in [0.29, 0.717) is 6.54 Å². The van der Waals surface area contributed by atoms with Gasteiger partial charge in [0.05, 0.1) is 5.54 Å². The Balaban J connectivity index is 1.96. The smallest absolute Gasteiger partial charge is 0.252 e. The molecule has 0 spiro atoms. The highest BCUT2D eigenvalue weighted by Gasteiger charge is 2.42. The molecule has 2 aromatic carbocycles. The van der Waals surface area contributed by atoms with Crippen LogP contribution in [0.25, 0.3) is 10.8 Å². The van der Waals surface area contributed by atoms with Crippen molar-refractivity contribution >= 4 is 16.7 Å². The second-order valence-electron chi connectivity index (χ2n) is 4.97. The van der Waals surface area contributed by atoms with Gasteiger partial charge in [-0.15, -0.1) is 0 Å². The molecule has 3 heteroatoms. The molecule has 0 aromatic heterocycles. The lowest BCUT2D eigenvalue weighted by Crippen LogP contribution is -2.42. The van der Waals surface area contributed by atoms with Crippen LogP contribution in [0.2, 0.25) is 0 Å². The van der Waals surface area contributed by atoms with E-state index < -0.39 is 0 Å². The van der Waals surface area contributed by atoms with Crippen molar-refractivity contribution in [2.24, 2.45) is 5.73 Å². The zero-order chi connectivity index (χ0) is 12.6. The lowest BCUT2D eigenvalue weighted by molar-refractivity contribution is 0.0935. The maximum atomic E-state index is 12.3. The Morgan fingerprint density at radius 3 is 2.61 bits per heavy atom. The van der Waals surface area contributed by atoms with E-state index in [2.05, 4.69) is 5.32 Å². The van der Waals surface area contributed by atoms with E-state index >= 15 is 0 Å². The van der Waals surface area contributed by atoms with Crippen LogP contribution < -0.4 is 11.1 Å². The Morgan fingerprint density at radius 2 is 1.89 bits per heavy atom. The first-order valence-electron chi connectivity index (χ1n) is 6.24. The highest BCUT2D eigenvalue weighted by Crippen LogP contribution is 2.34. The van der Waals surface area contributed by atoms with Gasteiger partial charge >= 0.3 is 0 Å². The Hall–Kier alpha value is -1.87. The third-order valence-corrected chi connectivity index (χ3v) is 3.66. The fourth-order valence-electron chi connectivity index (χ4n) is 2.26. The third-order valence-electron chi connectivity index (χ3n) is 3.66. The van der Waals surface area contributed by atoms with Gasteiger partial charge in [0.25, 0.3) is 5.91 Å². The van der Waals surface area contributed by atoms with Crippen molar-refractivity contribution in [1.82, 2.24) is 5.32 Å². The van der Waals surface area contributed by atoms with Crippen LogP contribution in [0, 0.1) is 0 Å². The van der Waals surface area contributed by atoms with E-state index in [1.165, 1.54) is 0 Å². The molecule has 0 unspecified atom stereocenters. The highest BCUT2D eigenvalue weighted by molar-refractivity contribution is 6.07. The average molecular weight is 240 g/mol. The summed E-state index contributed by atoms with van der Waals surface area (Å²) < 4.78 is 0. The summed E-state index contributed by atoms with van der Waals surface area (Å²) in [5.74, 6) is -0.0187. The number of fused-ring (bicyclic) bond motifs is 1. The molecule has 1 amide bonds. The van der Waals surface area contributed by atoms with E-state index in [4.69, 9.17) is 5.73 Å². The molecule has 3 nitrogen and oxygen atoms in total. The molecule has 0 saturated heterocycles. The van der Waals surface area contributed by atoms with Gasteiger partial charge in [0.2, 0.25) is 0 Å². The van der Waals surface area contributed by atoms with Crippen LogP contribution in [0.4, 0.5) is 0 Å². The minimum absolute atomic E-state index is 0.0187. The van der Waals surface area contributed by atoms with E-state index in [1.54, 1.807) is 0 Å². The Morgan fingerprint density at radius 1 is 1.17 bits per heavy atom. The van der Waals surface area contributed by atoms with Crippen LogP contribution in [-0.2, 0) is 0 Å². The summed E-state index contributed by atoms with van der Waals surface area (Å²) in [6.07, 6.45) is 1.97. The first kappa shape index (κ1) is 11.2. The molecular weight excluding hydrogens is 224 g/mol. The summed E-state index contributed by atoms with van der Waals surface area (Å²) in [6, 6.07) is 13.7. The summed E-state index contributed by atoms with van der Waals surface area (Å²) in [5, 5.41) is 5.14. The van der Waals surface area contributed by atoms with Crippen LogP contribution in [0.1, 0.15) is 23.2 Å². The first-order chi connectivity index (χ1) is 8.74. The molecule has 0 radical (unpaired) electrons. The fraction of sp³-hybridized carbons (Fsp3) is 0.267. The quantitative estimate of drug-likeness (QED) is 0.862. The summed E-state index contributed by atoms with van der Waals surface area (Å²) in [6.45, 7) is 0.517. The standard InChI is InChI=1S/C15H16N2O/c16-10-15(8-9-15)17-14(18)13-7-3-5-11-4-1-2-6-12(11)13/h1-7H,8-10,16H2,(H,17,18). The fourth-order valence-corrected chi connectivity index (χ4v) is 2.26. The van der Waals surface area contributed by atoms with Gasteiger partial charge in [0, 0.05) is 12.1 Å². The zero-order valence-electron chi connectivity index (χ0n) is 10.1. The predicted octanol–water partition coefficient (Wildman–Crippen LogP) is 2.06. The van der Waals surface area contributed by atoms with Gasteiger partial charge in [0.15, 0.2) is 0 Å².